The monoisotopic (exact) mass is 274 g/mol. The summed E-state index contributed by atoms with van der Waals surface area (Å²) in [6.45, 7) is 5.21. The van der Waals surface area contributed by atoms with Gasteiger partial charge in [0.25, 0.3) is 0 Å². The molecule has 20 heavy (non-hydrogen) atoms. The summed E-state index contributed by atoms with van der Waals surface area (Å²) in [6.07, 6.45) is 6.48. The van der Waals surface area contributed by atoms with Gasteiger partial charge in [0.05, 0.1) is 0 Å². The quantitative estimate of drug-likeness (QED) is 0.917. The van der Waals surface area contributed by atoms with Gasteiger partial charge in [-0.3, -0.25) is 4.90 Å². The number of fused-ring (bicyclic) bond motifs is 1. The molecular formula is C17H26N2O. The molecule has 1 aromatic carbocycles. The maximum Gasteiger partial charge on any atom is 0.123 e. The summed E-state index contributed by atoms with van der Waals surface area (Å²) in [4.78, 5) is 2.61. The fourth-order valence-corrected chi connectivity index (χ4v) is 3.63. The Bertz CT molecular complexity index is 458. The molecule has 1 saturated heterocycles. The molecule has 0 bridgehead atoms. The molecule has 2 unspecified atom stereocenters. The number of hydrogen-bond acceptors (Lipinski definition) is 3. The first kappa shape index (κ1) is 13.9. The summed E-state index contributed by atoms with van der Waals surface area (Å²) >= 11 is 0. The van der Waals surface area contributed by atoms with E-state index in [1.807, 2.05) is 0 Å². The number of likely N-dealkylation sites (tertiary alicyclic amines) is 1. The lowest BCUT2D eigenvalue weighted by molar-refractivity contribution is 0.0869. The van der Waals surface area contributed by atoms with Crippen molar-refractivity contribution in [2.75, 3.05) is 19.6 Å². The summed E-state index contributed by atoms with van der Waals surface area (Å²) in [5, 5.41) is 0. The van der Waals surface area contributed by atoms with Crippen LogP contribution in [-0.4, -0.2) is 36.7 Å². The summed E-state index contributed by atoms with van der Waals surface area (Å²) < 4.78 is 6.12. The lowest BCUT2D eigenvalue weighted by Gasteiger charge is -2.36. The summed E-state index contributed by atoms with van der Waals surface area (Å²) in [5.74, 6) is 1.09. The largest absolute Gasteiger partial charge is 0.488 e. The van der Waals surface area contributed by atoms with Gasteiger partial charge < -0.3 is 10.5 Å². The molecule has 3 rings (SSSR count). The molecule has 2 heterocycles. The third-order valence-electron chi connectivity index (χ3n) is 4.64. The second kappa shape index (κ2) is 6.15. The number of hydrogen-bond donors (Lipinski definition) is 1. The van der Waals surface area contributed by atoms with E-state index >= 15 is 0 Å². The SMILES string of the molecule is Cc1ccc2c(c1)CC(CN1CCCCC1CCN)O2. The molecule has 0 saturated carbocycles. The molecule has 110 valence electrons. The minimum atomic E-state index is 0.324. The number of piperidine rings is 1. The smallest absolute Gasteiger partial charge is 0.123 e. The van der Waals surface area contributed by atoms with Crippen LogP contribution in [0.5, 0.6) is 5.75 Å². The number of benzene rings is 1. The van der Waals surface area contributed by atoms with Gasteiger partial charge in [0.2, 0.25) is 0 Å². The Kier molecular flexibility index (Phi) is 4.27. The van der Waals surface area contributed by atoms with Gasteiger partial charge in [-0.15, -0.1) is 0 Å². The van der Waals surface area contributed by atoms with Crippen LogP contribution in [0.15, 0.2) is 18.2 Å². The van der Waals surface area contributed by atoms with Gasteiger partial charge in [-0.05, 0) is 50.9 Å². The third-order valence-corrected chi connectivity index (χ3v) is 4.64. The van der Waals surface area contributed by atoms with Crippen molar-refractivity contribution in [2.24, 2.45) is 5.73 Å². The van der Waals surface area contributed by atoms with Crippen LogP contribution < -0.4 is 10.5 Å². The Morgan fingerprint density at radius 3 is 3.10 bits per heavy atom. The number of ether oxygens (including phenoxy) is 1. The minimum absolute atomic E-state index is 0.324. The predicted molar refractivity (Wildman–Crippen MR) is 82.2 cm³/mol. The van der Waals surface area contributed by atoms with Crippen LogP contribution in [0.4, 0.5) is 0 Å². The topological polar surface area (TPSA) is 38.5 Å². The van der Waals surface area contributed by atoms with Crippen molar-refractivity contribution in [3.63, 3.8) is 0 Å². The first-order valence-electron chi connectivity index (χ1n) is 7.96. The predicted octanol–water partition coefficient (Wildman–Crippen LogP) is 2.50. The minimum Gasteiger partial charge on any atom is -0.488 e. The second-order valence-electron chi connectivity index (χ2n) is 6.28. The van der Waals surface area contributed by atoms with Crippen molar-refractivity contribution in [2.45, 2.75) is 51.2 Å². The lowest BCUT2D eigenvalue weighted by Crippen LogP contribution is -2.45. The van der Waals surface area contributed by atoms with E-state index in [4.69, 9.17) is 10.5 Å². The maximum atomic E-state index is 6.12. The molecule has 1 fully saturated rings. The number of aryl methyl sites for hydroxylation is 1. The van der Waals surface area contributed by atoms with E-state index in [-0.39, 0.29) is 0 Å². The zero-order chi connectivity index (χ0) is 13.9. The maximum absolute atomic E-state index is 6.12. The molecule has 3 heteroatoms. The van der Waals surface area contributed by atoms with Crippen LogP contribution in [-0.2, 0) is 6.42 Å². The Labute approximate surface area is 122 Å². The summed E-state index contributed by atoms with van der Waals surface area (Å²) in [5.41, 5.74) is 8.46. The molecule has 0 spiro atoms. The second-order valence-corrected chi connectivity index (χ2v) is 6.28. The molecule has 0 aromatic heterocycles. The average Bonchev–Trinajstić information content (AvgIpc) is 2.82. The average molecular weight is 274 g/mol. The summed E-state index contributed by atoms with van der Waals surface area (Å²) in [7, 11) is 0. The highest BCUT2D eigenvalue weighted by Crippen LogP contribution is 2.31. The van der Waals surface area contributed by atoms with E-state index in [1.165, 1.54) is 36.9 Å². The standard InChI is InChI=1S/C17H26N2O/c1-13-5-6-17-14(10-13)11-16(20-17)12-19-9-3-2-4-15(19)7-8-18/h5-6,10,15-16H,2-4,7-9,11-12,18H2,1H3. The molecule has 3 nitrogen and oxygen atoms in total. The highest BCUT2D eigenvalue weighted by atomic mass is 16.5. The van der Waals surface area contributed by atoms with E-state index in [1.54, 1.807) is 0 Å². The highest BCUT2D eigenvalue weighted by molar-refractivity contribution is 5.40. The zero-order valence-corrected chi connectivity index (χ0v) is 12.5. The summed E-state index contributed by atoms with van der Waals surface area (Å²) in [6, 6.07) is 7.20. The number of nitrogens with zero attached hydrogens (tertiary/aromatic N) is 1. The highest BCUT2D eigenvalue weighted by Gasteiger charge is 2.29. The van der Waals surface area contributed by atoms with Crippen LogP contribution in [0.25, 0.3) is 0 Å². The van der Waals surface area contributed by atoms with Gasteiger partial charge in [0.15, 0.2) is 0 Å². The van der Waals surface area contributed by atoms with E-state index < -0.39 is 0 Å². The van der Waals surface area contributed by atoms with Gasteiger partial charge in [-0.2, -0.15) is 0 Å². The van der Waals surface area contributed by atoms with E-state index in [0.717, 1.165) is 31.7 Å². The van der Waals surface area contributed by atoms with Gasteiger partial charge in [-0.25, -0.2) is 0 Å². The number of rotatable bonds is 4. The van der Waals surface area contributed by atoms with E-state index in [2.05, 4.69) is 30.0 Å². The fourth-order valence-electron chi connectivity index (χ4n) is 3.63. The lowest BCUT2D eigenvalue weighted by atomic mass is 9.98. The molecule has 2 aliphatic heterocycles. The van der Waals surface area contributed by atoms with Gasteiger partial charge in [0.1, 0.15) is 11.9 Å². The Balaban J connectivity index is 1.61. The van der Waals surface area contributed by atoms with Crippen LogP contribution in [0.2, 0.25) is 0 Å². The van der Waals surface area contributed by atoms with E-state index in [9.17, 15) is 0 Å². The van der Waals surface area contributed by atoms with Crippen molar-refractivity contribution in [3.05, 3.63) is 29.3 Å². The normalized spacial score (nSPS) is 26.3. The Hall–Kier alpha value is -1.06. The van der Waals surface area contributed by atoms with Crippen LogP contribution in [0.3, 0.4) is 0 Å². The molecule has 0 amide bonds. The third kappa shape index (κ3) is 2.99. The van der Waals surface area contributed by atoms with E-state index in [0.29, 0.717) is 12.1 Å². The first-order valence-corrected chi connectivity index (χ1v) is 7.96. The fraction of sp³-hybridized carbons (Fsp3) is 0.647. The molecule has 1 aromatic rings. The zero-order valence-electron chi connectivity index (χ0n) is 12.5. The molecule has 2 N–H and O–H groups in total. The van der Waals surface area contributed by atoms with Gasteiger partial charge in [0, 0.05) is 19.0 Å². The van der Waals surface area contributed by atoms with Crippen LogP contribution >= 0.6 is 0 Å². The van der Waals surface area contributed by atoms with Crippen molar-refractivity contribution < 1.29 is 4.74 Å². The Morgan fingerprint density at radius 2 is 2.25 bits per heavy atom. The Morgan fingerprint density at radius 1 is 1.35 bits per heavy atom. The molecular weight excluding hydrogens is 248 g/mol. The van der Waals surface area contributed by atoms with Crippen molar-refractivity contribution in [3.8, 4) is 5.75 Å². The van der Waals surface area contributed by atoms with Crippen molar-refractivity contribution in [1.82, 2.24) is 4.90 Å². The molecule has 0 aliphatic carbocycles. The van der Waals surface area contributed by atoms with Gasteiger partial charge >= 0.3 is 0 Å². The van der Waals surface area contributed by atoms with Crippen molar-refractivity contribution >= 4 is 0 Å². The first-order chi connectivity index (χ1) is 9.76. The molecule has 2 atom stereocenters. The van der Waals surface area contributed by atoms with Crippen molar-refractivity contribution in [1.29, 1.82) is 0 Å². The van der Waals surface area contributed by atoms with Crippen LogP contribution in [0, 0.1) is 6.92 Å². The molecule has 0 radical (unpaired) electrons. The van der Waals surface area contributed by atoms with Crippen LogP contribution in [0.1, 0.15) is 36.8 Å². The molecule has 2 aliphatic rings. The number of nitrogens with two attached hydrogens (primary N) is 1. The van der Waals surface area contributed by atoms with Gasteiger partial charge in [-0.1, -0.05) is 24.1 Å².